The molecule has 0 bridgehead atoms. The molecule has 1 saturated heterocycles. The molecule has 3 unspecified atom stereocenters. The molecule has 0 spiro atoms. The molecule has 18 heavy (non-hydrogen) atoms. The molecule has 0 amide bonds. The quantitative estimate of drug-likeness (QED) is 0.837. The highest BCUT2D eigenvalue weighted by Crippen LogP contribution is 2.34. The fourth-order valence-electron chi connectivity index (χ4n) is 2.80. The number of aliphatic carboxylic acids is 1. The van der Waals surface area contributed by atoms with Gasteiger partial charge in [0.2, 0.25) is 10.0 Å². The summed E-state index contributed by atoms with van der Waals surface area (Å²) in [6.07, 6.45) is 2.51. The largest absolute Gasteiger partial charge is 0.481 e. The summed E-state index contributed by atoms with van der Waals surface area (Å²) in [5.41, 5.74) is 0. The third-order valence-electron chi connectivity index (χ3n) is 3.97. The molecule has 2 aliphatic rings. The lowest BCUT2D eigenvalue weighted by molar-refractivity contribution is -0.141. The van der Waals surface area contributed by atoms with Crippen molar-refractivity contribution < 1.29 is 18.3 Å². The normalized spacial score (nSPS) is 33.1. The van der Waals surface area contributed by atoms with E-state index in [0.717, 1.165) is 17.9 Å². The van der Waals surface area contributed by atoms with E-state index >= 15 is 0 Å². The van der Waals surface area contributed by atoms with Gasteiger partial charge in [0.15, 0.2) is 0 Å². The molecule has 0 aromatic carbocycles. The van der Waals surface area contributed by atoms with Gasteiger partial charge in [-0.25, -0.2) is 12.7 Å². The number of sulfonamides is 1. The SMILES string of the molecule is CN(C1CCSC1)S(=O)(=O)C1CCCC1C(=O)O. The monoisotopic (exact) mass is 293 g/mol. The van der Waals surface area contributed by atoms with Crippen LogP contribution in [-0.2, 0) is 14.8 Å². The first-order chi connectivity index (χ1) is 8.44. The number of carboxylic acids is 1. The van der Waals surface area contributed by atoms with Gasteiger partial charge in [-0.1, -0.05) is 6.42 Å². The fraction of sp³-hybridized carbons (Fsp3) is 0.909. The molecule has 0 radical (unpaired) electrons. The van der Waals surface area contributed by atoms with Crippen molar-refractivity contribution in [3.63, 3.8) is 0 Å². The molecule has 1 saturated carbocycles. The van der Waals surface area contributed by atoms with Gasteiger partial charge < -0.3 is 5.11 Å². The highest BCUT2D eigenvalue weighted by molar-refractivity contribution is 7.99. The van der Waals surface area contributed by atoms with E-state index < -0.39 is 27.2 Å². The minimum absolute atomic E-state index is 0.0371. The van der Waals surface area contributed by atoms with Gasteiger partial charge in [-0.2, -0.15) is 11.8 Å². The van der Waals surface area contributed by atoms with Gasteiger partial charge in [-0.15, -0.1) is 0 Å². The van der Waals surface area contributed by atoms with Gasteiger partial charge in [0.05, 0.1) is 11.2 Å². The maximum absolute atomic E-state index is 12.5. The Morgan fingerprint density at radius 3 is 2.61 bits per heavy atom. The van der Waals surface area contributed by atoms with Crippen molar-refractivity contribution in [3.05, 3.63) is 0 Å². The zero-order chi connectivity index (χ0) is 13.3. The molecule has 2 rings (SSSR count). The summed E-state index contributed by atoms with van der Waals surface area (Å²) in [6.45, 7) is 0. The lowest BCUT2D eigenvalue weighted by Crippen LogP contribution is -2.45. The van der Waals surface area contributed by atoms with E-state index in [1.54, 1.807) is 18.8 Å². The van der Waals surface area contributed by atoms with Crippen molar-refractivity contribution in [2.24, 2.45) is 5.92 Å². The second-order valence-corrected chi connectivity index (χ2v) is 8.35. The van der Waals surface area contributed by atoms with Crippen LogP contribution in [0, 0.1) is 5.92 Å². The van der Waals surface area contributed by atoms with Crippen molar-refractivity contribution >= 4 is 27.8 Å². The number of rotatable bonds is 4. The first kappa shape index (κ1) is 14.1. The molecule has 0 aromatic heterocycles. The Morgan fingerprint density at radius 2 is 2.06 bits per heavy atom. The maximum Gasteiger partial charge on any atom is 0.307 e. The van der Waals surface area contributed by atoms with E-state index in [4.69, 9.17) is 5.11 Å². The highest BCUT2D eigenvalue weighted by atomic mass is 32.2. The molecule has 1 heterocycles. The second-order valence-electron chi connectivity index (χ2n) is 4.99. The fourth-order valence-corrected chi connectivity index (χ4v) is 6.31. The van der Waals surface area contributed by atoms with Crippen LogP contribution in [0.4, 0.5) is 0 Å². The average Bonchev–Trinajstić information content (AvgIpc) is 2.99. The van der Waals surface area contributed by atoms with Gasteiger partial charge in [-0.3, -0.25) is 4.79 Å². The number of nitrogens with zero attached hydrogens (tertiary/aromatic N) is 1. The van der Waals surface area contributed by atoms with Gasteiger partial charge >= 0.3 is 5.97 Å². The van der Waals surface area contributed by atoms with E-state index in [2.05, 4.69) is 0 Å². The van der Waals surface area contributed by atoms with Gasteiger partial charge in [0.25, 0.3) is 0 Å². The highest BCUT2D eigenvalue weighted by Gasteiger charge is 2.45. The number of carboxylic acid groups (broad SMARTS) is 1. The van der Waals surface area contributed by atoms with Gasteiger partial charge in [0, 0.05) is 18.8 Å². The Bertz CT molecular complexity index is 417. The van der Waals surface area contributed by atoms with Gasteiger partial charge in [0.1, 0.15) is 0 Å². The molecule has 7 heteroatoms. The Hall–Kier alpha value is -0.270. The van der Waals surface area contributed by atoms with Crippen LogP contribution < -0.4 is 0 Å². The van der Waals surface area contributed by atoms with Crippen LogP contribution >= 0.6 is 11.8 Å². The van der Waals surface area contributed by atoms with E-state index in [0.29, 0.717) is 19.3 Å². The Kier molecular flexibility index (Phi) is 4.23. The van der Waals surface area contributed by atoms with Crippen LogP contribution in [-0.4, -0.2) is 53.6 Å². The second kappa shape index (κ2) is 5.38. The molecule has 1 N–H and O–H groups in total. The Labute approximate surface area is 112 Å². The van der Waals surface area contributed by atoms with E-state index in [1.807, 2.05) is 0 Å². The predicted octanol–water partition coefficient (Wildman–Crippen LogP) is 1.01. The lowest BCUT2D eigenvalue weighted by Gasteiger charge is -2.28. The molecule has 104 valence electrons. The molecule has 1 aliphatic heterocycles. The van der Waals surface area contributed by atoms with Crippen LogP contribution in [0.15, 0.2) is 0 Å². The zero-order valence-electron chi connectivity index (χ0n) is 10.4. The molecular weight excluding hydrogens is 274 g/mol. The topological polar surface area (TPSA) is 74.7 Å². The Balaban J connectivity index is 2.16. The first-order valence-corrected chi connectivity index (χ1v) is 8.88. The summed E-state index contributed by atoms with van der Waals surface area (Å²) in [5.74, 6) is 0.0966. The lowest BCUT2D eigenvalue weighted by atomic mass is 10.1. The van der Waals surface area contributed by atoms with Gasteiger partial charge in [-0.05, 0) is 25.0 Å². The summed E-state index contributed by atoms with van der Waals surface area (Å²) in [4.78, 5) is 11.1. The zero-order valence-corrected chi connectivity index (χ0v) is 12.0. The maximum atomic E-state index is 12.5. The van der Waals surface area contributed by atoms with Crippen LogP contribution in [0.1, 0.15) is 25.7 Å². The third-order valence-corrected chi connectivity index (χ3v) is 7.55. The van der Waals surface area contributed by atoms with E-state index in [9.17, 15) is 13.2 Å². The standard InChI is InChI=1S/C11H19NO4S2/c1-12(8-5-6-17-7-8)18(15,16)10-4-2-3-9(10)11(13)14/h8-10H,2-7H2,1H3,(H,13,14). The van der Waals surface area contributed by atoms with Crippen LogP contribution in [0.25, 0.3) is 0 Å². The minimum Gasteiger partial charge on any atom is -0.481 e. The van der Waals surface area contributed by atoms with Crippen molar-refractivity contribution in [2.75, 3.05) is 18.6 Å². The van der Waals surface area contributed by atoms with Crippen molar-refractivity contribution in [1.82, 2.24) is 4.31 Å². The smallest absolute Gasteiger partial charge is 0.307 e. The summed E-state index contributed by atoms with van der Waals surface area (Å²) >= 11 is 1.75. The number of carbonyl (C=O) groups is 1. The number of hydrogen-bond donors (Lipinski definition) is 1. The molecular formula is C11H19NO4S2. The summed E-state index contributed by atoms with van der Waals surface area (Å²) in [7, 11) is -1.88. The molecule has 2 fully saturated rings. The van der Waals surface area contributed by atoms with E-state index in [-0.39, 0.29) is 6.04 Å². The third kappa shape index (κ3) is 2.53. The van der Waals surface area contributed by atoms with Crippen LogP contribution in [0.3, 0.4) is 0 Å². The summed E-state index contributed by atoms with van der Waals surface area (Å²) in [5, 5.41) is 8.38. The van der Waals surface area contributed by atoms with Crippen molar-refractivity contribution in [3.8, 4) is 0 Å². The Morgan fingerprint density at radius 1 is 1.33 bits per heavy atom. The predicted molar refractivity (Wildman–Crippen MR) is 71.2 cm³/mol. The molecule has 5 nitrogen and oxygen atoms in total. The molecule has 1 aliphatic carbocycles. The van der Waals surface area contributed by atoms with Crippen LogP contribution in [0.2, 0.25) is 0 Å². The minimum atomic E-state index is -3.48. The molecule has 3 atom stereocenters. The van der Waals surface area contributed by atoms with E-state index in [1.165, 1.54) is 4.31 Å². The number of hydrogen-bond acceptors (Lipinski definition) is 4. The average molecular weight is 293 g/mol. The van der Waals surface area contributed by atoms with Crippen molar-refractivity contribution in [1.29, 1.82) is 0 Å². The summed E-state index contributed by atoms with van der Waals surface area (Å²) in [6, 6.07) is 0.0371. The van der Waals surface area contributed by atoms with Crippen LogP contribution in [0.5, 0.6) is 0 Å². The number of thioether (sulfide) groups is 1. The molecule has 0 aromatic rings. The summed E-state index contributed by atoms with van der Waals surface area (Å²) < 4.78 is 26.4. The first-order valence-electron chi connectivity index (χ1n) is 6.22. The van der Waals surface area contributed by atoms with Crippen molar-refractivity contribution in [2.45, 2.75) is 37.0 Å².